The van der Waals surface area contributed by atoms with Gasteiger partial charge in [-0.1, -0.05) is 30.7 Å². The van der Waals surface area contributed by atoms with Crippen LogP contribution in [0.3, 0.4) is 0 Å². The van der Waals surface area contributed by atoms with Gasteiger partial charge in [0.05, 0.1) is 0 Å². The standard InChI is InChI=1S/C24H34ClN5O/c1-3-12-30-22-9-8-20(26-11-10-18-4-6-19(25)7-5-18)17-21(22)23(27-30)24(31)29-15-13-28(2)14-16-29/h4-7,20,26H,3,8-17H2,1-2H3. The molecule has 0 saturated carbocycles. The first kappa shape index (κ1) is 22.3. The maximum Gasteiger partial charge on any atom is 0.274 e. The van der Waals surface area contributed by atoms with Gasteiger partial charge >= 0.3 is 0 Å². The number of likely N-dealkylation sites (N-methyl/N-ethyl adjacent to an activating group) is 1. The molecular weight excluding hydrogens is 410 g/mol. The van der Waals surface area contributed by atoms with Crippen molar-refractivity contribution >= 4 is 17.5 Å². The molecule has 168 valence electrons. The topological polar surface area (TPSA) is 53.4 Å². The Balaban J connectivity index is 1.43. The van der Waals surface area contributed by atoms with E-state index in [0.29, 0.717) is 11.7 Å². The zero-order valence-corrected chi connectivity index (χ0v) is 19.5. The number of nitrogens with one attached hydrogen (secondary N) is 1. The molecule has 2 aliphatic rings. The third kappa shape index (κ3) is 5.30. The Morgan fingerprint density at radius 2 is 1.94 bits per heavy atom. The van der Waals surface area contributed by atoms with Crippen LogP contribution < -0.4 is 5.32 Å². The summed E-state index contributed by atoms with van der Waals surface area (Å²) in [6, 6.07) is 8.46. The molecule has 0 radical (unpaired) electrons. The number of aryl methyl sites for hydroxylation is 1. The predicted molar refractivity (Wildman–Crippen MR) is 125 cm³/mol. The number of benzene rings is 1. The zero-order chi connectivity index (χ0) is 21.8. The molecule has 7 heteroatoms. The number of hydrogen-bond acceptors (Lipinski definition) is 4. The van der Waals surface area contributed by atoms with E-state index in [-0.39, 0.29) is 5.91 Å². The van der Waals surface area contributed by atoms with Crippen molar-refractivity contribution in [3.05, 3.63) is 51.8 Å². The van der Waals surface area contributed by atoms with E-state index in [0.717, 1.165) is 76.4 Å². The number of amides is 1. The van der Waals surface area contributed by atoms with Crippen LogP contribution in [0.25, 0.3) is 0 Å². The first-order chi connectivity index (χ1) is 15.0. The lowest BCUT2D eigenvalue weighted by Gasteiger charge is -2.32. The third-order valence-corrected chi connectivity index (χ3v) is 6.79. The molecule has 0 bridgehead atoms. The summed E-state index contributed by atoms with van der Waals surface area (Å²) in [5.74, 6) is 0.112. The maximum atomic E-state index is 13.3. The van der Waals surface area contributed by atoms with Crippen LogP contribution in [0.4, 0.5) is 0 Å². The number of carbonyl (C=O) groups is 1. The molecule has 0 spiro atoms. The predicted octanol–water partition coefficient (Wildman–Crippen LogP) is 3.02. The minimum absolute atomic E-state index is 0.112. The number of hydrogen-bond donors (Lipinski definition) is 1. The number of fused-ring (bicyclic) bond motifs is 1. The minimum atomic E-state index is 0.112. The molecule has 1 atom stereocenters. The summed E-state index contributed by atoms with van der Waals surface area (Å²) in [7, 11) is 2.11. The largest absolute Gasteiger partial charge is 0.335 e. The number of rotatable bonds is 7. The first-order valence-corrected chi connectivity index (χ1v) is 12.0. The second-order valence-electron chi connectivity index (χ2n) is 8.86. The van der Waals surface area contributed by atoms with E-state index in [9.17, 15) is 4.79 Å². The Labute approximate surface area is 190 Å². The van der Waals surface area contributed by atoms with E-state index in [1.165, 1.54) is 16.8 Å². The SMILES string of the molecule is CCCn1nc(C(=O)N2CCN(C)CC2)c2c1CCC(NCCc1ccc(Cl)cc1)C2. The van der Waals surface area contributed by atoms with Crippen LogP contribution in [0.5, 0.6) is 0 Å². The van der Waals surface area contributed by atoms with Gasteiger partial charge in [0.2, 0.25) is 0 Å². The zero-order valence-electron chi connectivity index (χ0n) is 18.7. The van der Waals surface area contributed by atoms with Crippen LogP contribution in [-0.2, 0) is 25.8 Å². The molecule has 2 aromatic rings. The summed E-state index contributed by atoms with van der Waals surface area (Å²) in [6.45, 7) is 7.40. The van der Waals surface area contributed by atoms with Crippen LogP contribution >= 0.6 is 11.6 Å². The lowest BCUT2D eigenvalue weighted by molar-refractivity contribution is 0.0656. The molecule has 1 aromatic carbocycles. The average Bonchev–Trinajstić information content (AvgIpc) is 3.13. The molecule has 1 fully saturated rings. The van der Waals surface area contributed by atoms with E-state index in [4.69, 9.17) is 16.7 Å². The fourth-order valence-electron chi connectivity index (χ4n) is 4.66. The molecule has 2 heterocycles. The van der Waals surface area contributed by atoms with Gasteiger partial charge in [-0.25, -0.2) is 0 Å². The highest BCUT2D eigenvalue weighted by Gasteiger charge is 2.31. The number of aromatic nitrogens is 2. The monoisotopic (exact) mass is 443 g/mol. The van der Waals surface area contributed by atoms with Gasteiger partial charge in [0.25, 0.3) is 5.91 Å². The molecule has 1 saturated heterocycles. The summed E-state index contributed by atoms with van der Waals surface area (Å²) < 4.78 is 2.10. The van der Waals surface area contributed by atoms with Gasteiger partial charge < -0.3 is 15.1 Å². The van der Waals surface area contributed by atoms with Crippen molar-refractivity contribution in [1.82, 2.24) is 24.9 Å². The van der Waals surface area contributed by atoms with Crippen LogP contribution in [0, 0.1) is 0 Å². The third-order valence-electron chi connectivity index (χ3n) is 6.54. The highest BCUT2D eigenvalue weighted by molar-refractivity contribution is 6.30. The summed E-state index contributed by atoms with van der Waals surface area (Å²) in [5.41, 5.74) is 4.43. The van der Waals surface area contributed by atoms with Crippen LogP contribution in [0.1, 0.15) is 47.1 Å². The number of piperazine rings is 1. The van der Waals surface area contributed by atoms with Crippen molar-refractivity contribution in [2.75, 3.05) is 39.8 Å². The molecule has 4 rings (SSSR count). The van der Waals surface area contributed by atoms with Crippen LogP contribution in [0.15, 0.2) is 24.3 Å². The van der Waals surface area contributed by atoms with Gasteiger partial charge in [0.1, 0.15) is 0 Å². The number of carbonyl (C=O) groups excluding carboxylic acids is 1. The van der Waals surface area contributed by atoms with Gasteiger partial charge in [-0.15, -0.1) is 0 Å². The molecule has 1 unspecified atom stereocenters. The molecule has 6 nitrogen and oxygen atoms in total. The quantitative estimate of drug-likeness (QED) is 0.714. The summed E-state index contributed by atoms with van der Waals surface area (Å²) in [6.07, 6.45) is 4.96. The molecular formula is C24H34ClN5O. The molecule has 1 aromatic heterocycles. The molecule has 1 aliphatic carbocycles. The number of halogens is 1. The van der Waals surface area contributed by atoms with Crippen molar-refractivity contribution in [2.24, 2.45) is 0 Å². The van der Waals surface area contributed by atoms with Gasteiger partial charge in [-0.2, -0.15) is 5.10 Å². The lowest BCUT2D eigenvalue weighted by atomic mass is 9.90. The second kappa shape index (κ2) is 10.2. The van der Waals surface area contributed by atoms with Crippen LogP contribution in [-0.4, -0.2) is 71.3 Å². The van der Waals surface area contributed by atoms with Crippen LogP contribution in [0.2, 0.25) is 5.02 Å². The Morgan fingerprint density at radius 3 is 2.65 bits per heavy atom. The smallest absolute Gasteiger partial charge is 0.274 e. The normalized spacial score (nSPS) is 19.5. The summed E-state index contributed by atoms with van der Waals surface area (Å²) >= 11 is 5.99. The molecule has 31 heavy (non-hydrogen) atoms. The van der Waals surface area contributed by atoms with E-state index in [1.54, 1.807) is 0 Å². The minimum Gasteiger partial charge on any atom is -0.335 e. The summed E-state index contributed by atoms with van der Waals surface area (Å²) in [5, 5.41) is 9.31. The van der Waals surface area contributed by atoms with Gasteiger partial charge in [0.15, 0.2) is 5.69 Å². The average molecular weight is 444 g/mol. The Bertz CT molecular complexity index is 886. The molecule has 1 amide bonds. The Kier molecular flexibility index (Phi) is 7.31. The van der Waals surface area contributed by atoms with Crippen molar-refractivity contribution in [3.63, 3.8) is 0 Å². The van der Waals surface area contributed by atoms with E-state index in [2.05, 4.69) is 41.0 Å². The van der Waals surface area contributed by atoms with E-state index >= 15 is 0 Å². The van der Waals surface area contributed by atoms with Gasteiger partial charge in [-0.05, 0) is 63.4 Å². The Morgan fingerprint density at radius 1 is 1.19 bits per heavy atom. The lowest BCUT2D eigenvalue weighted by Crippen LogP contribution is -2.47. The highest BCUT2D eigenvalue weighted by Crippen LogP contribution is 2.26. The van der Waals surface area contributed by atoms with Crippen molar-refractivity contribution in [1.29, 1.82) is 0 Å². The van der Waals surface area contributed by atoms with Gasteiger partial charge in [-0.3, -0.25) is 9.48 Å². The molecule has 1 aliphatic heterocycles. The fourth-order valence-corrected chi connectivity index (χ4v) is 4.79. The van der Waals surface area contributed by atoms with Gasteiger partial charge in [0, 0.05) is 55.0 Å². The Hall–Kier alpha value is -1.89. The molecule has 1 N–H and O–H groups in total. The second-order valence-corrected chi connectivity index (χ2v) is 9.30. The van der Waals surface area contributed by atoms with E-state index in [1.807, 2.05) is 17.0 Å². The van der Waals surface area contributed by atoms with E-state index < -0.39 is 0 Å². The summed E-state index contributed by atoms with van der Waals surface area (Å²) in [4.78, 5) is 17.6. The maximum absolute atomic E-state index is 13.3. The van der Waals surface area contributed by atoms with Crippen molar-refractivity contribution < 1.29 is 4.79 Å². The number of nitrogens with zero attached hydrogens (tertiary/aromatic N) is 4. The fraction of sp³-hybridized carbons (Fsp3) is 0.583. The first-order valence-electron chi connectivity index (χ1n) is 11.6. The highest BCUT2D eigenvalue weighted by atomic mass is 35.5. The van der Waals surface area contributed by atoms with Crippen molar-refractivity contribution in [2.45, 2.75) is 51.6 Å². The van der Waals surface area contributed by atoms with Crippen molar-refractivity contribution in [3.8, 4) is 0 Å².